The Hall–Kier alpha value is -2.23. The lowest BCUT2D eigenvalue weighted by molar-refractivity contribution is 0.103. The normalized spacial score (nSPS) is 10.7. The first-order valence-corrected chi connectivity index (χ1v) is 7.16. The van der Waals surface area contributed by atoms with Crippen molar-refractivity contribution in [1.82, 2.24) is 10.2 Å². The van der Waals surface area contributed by atoms with E-state index in [1.54, 1.807) is 18.2 Å². The van der Waals surface area contributed by atoms with Crippen molar-refractivity contribution in [3.8, 4) is 5.75 Å². The maximum Gasteiger partial charge on any atom is 0.194 e. The van der Waals surface area contributed by atoms with Gasteiger partial charge in [-0.3, -0.25) is 4.79 Å². The van der Waals surface area contributed by atoms with Gasteiger partial charge in [0.05, 0.1) is 17.5 Å². The molecule has 4 nitrogen and oxygen atoms in total. The number of benzene rings is 1. The molecule has 1 aromatic carbocycles. The summed E-state index contributed by atoms with van der Waals surface area (Å²) in [7, 11) is 0. The molecule has 1 aromatic heterocycles. The van der Waals surface area contributed by atoms with Gasteiger partial charge in [0.25, 0.3) is 0 Å². The van der Waals surface area contributed by atoms with Crippen molar-refractivity contribution in [2.75, 3.05) is 0 Å². The summed E-state index contributed by atoms with van der Waals surface area (Å²) in [6, 6.07) is 9.01. The number of carbonyl (C=O) groups is 1. The fourth-order valence-electron chi connectivity index (χ4n) is 2.08. The molecule has 0 bridgehead atoms. The van der Waals surface area contributed by atoms with E-state index in [0.29, 0.717) is 17.5 Å². The average Bonchev–Trinajstić information content (AvgIpc) is 2.46. The first-order chi connectivity index (χ1) is 10.0. The molecule has 0 spiro atoms. The van der Waals surface area contributed by atoms with Crippen LogP contribution in [0.3, 0.4) is 0 Å². The molecular formula is C17H20N2O2. The van der Waals surface area contributed by atoms with E-state index in [9.17, 15) is 4.79 Å². The number of nitrogens with zero attached hydrogens (tertiary/aromatic N) is 2. The Balaban J connectivity index is 2.30. The number of aromatic nitrogens is 2. The second-order valence-electron chi connectivity index (χ2n) is 5.22. The highest BCUT2D eigenvalue weighted by molar-refractivity contribution is 6.09. The summed E-state index contributed by atoms with van der Waals surface area (Å²) in [5.74, 6) is 0.738. The van der Waals surface area contributed by atoms with Crippen molar-refractivity contribution in [3.05, 3.63) is 52.8 Å². The first kappa shape index (κ1) is 15.2. The van der Waals surface area contributed by atoms with Gasteiger partial charge >= 0.3 is 0 Å². The van der Waals surface area contributed by atoms with Gasteiger partial charge < -0.3 is 4.74 Å². The Morgan fingerprint density at radius 2 is 1.86 bits per heavy atom. The van der Waals surface area contributed by atoms with Gasteiger partial charge in [-0.25, -0.2) is 0 Å². The highest BCUT2D eigenvalue weighted by atomic mass is 16.5. The zero-order valence-corrected chi connectivity index (χ0v) is 12.9. The van der Waals surface area contributed by atoms with Crippen molar-refractivity contribution in [2.45, 2.75) is 40.2 Å². The number of rotatable bonds is 5. The lowest BCUT2D eigenvalue weighted by Crippen LogP contribution is -2.09. The van der Waals surface area contributed by atoms with Crippen LogP contribution in [0, 0.1) is 6.92 Å². The predicted molar refractivity (Wildman–Crippen MR) is 81.8 cm³/mol. The number of aryl methyl sites for hydroxylation is 2. The van der Waals surface area contributed by atoms with Crippen molar-refractivity contribution in [1.29, 1.82) is 0 Å². The molecule has 0 amide bonds. The molecule has 0 fully saturated rings. The molecule has 0 N–H and O–H groups in total. The molecule has 0 aliphatic heterocycles. The van der Waals surface area contributed by atoms with E-state index in [1.165, 1.54) is 0 Å². The molecule has 110 valence electrons. The maximum atomic E-state index is 12.6. The number of hydrogen-bond acceptors (Lipinski definition) is 4. The Kier molecular flexibility index (Phi) is 4.68. The third-order valence-electron chi connectivity index (χ3n) is 3.06. The lowest BCUT2D eigenvalue weighted by Gasteiger charge is -2.10. The van der Waals surface area contributed by atoms with Crippen LogP contribution < -0.4 is 4.74 Å². The average molecular weight is 284 g/mol. The van der Waals surface area contributed by atoms with E-state index < -0.39 is 0 Å². The smallest absolute Gasteiger partial charge is 0.194 e. The topological polar surface area (TPSA) is 52.1 Å². The van der Waals surface area contributed by atoms with Gasteiger partial charge in [0.15, 0.2) is 5.78 Å². The third-order valence-corrected chi connectivity index (χ3v) is 3.06. The van der Waals surface area contributed by atoms with Gasteiger partial charge in [0, 0.05) is 11.1 Å². The molecule has 1 heterocycles. The van der Waals surface area contributed by atoms with Gasteiger partial charge in [-0.2, -0.15) is 10.2 Å². The van der Waals surface area contributed by atoms with Crippen LogP contribution >= 0.6 is 0 Å². The van der Waals surface area contributed by atoms with Crippen molar-refractivity contribution in [2.24, 2.45) is 0 Å². The van der Waals surface area contributed by atoms with Crippen LogP contribution in [0.2, 0.25) is 0 Å². The molecule has 0 aliphatic carbocycles. The van der Waals surface area contributed by atoms with Crippen LogP contribution in [0.1, 0.15) is 48.1 Å². The van der Waals surface area contributed by atoms with E-state index >= 15 is 0 Å². The van der Waals surface area contributed by atoms with Crippen LogP contribution in [0.15, 0.2) is 30.3 Å². The summed E-state index contributed by atoms with van der Waals surface area (Å²) < 4.78 is 5.58. The molecular weight excluding hydrogens is 264 g/mol. The molecule has 0 atom stereocenters. The fraction of sp³-hybridized carbons (Fsp3) is 0.353. The molecule has 0 aliphatic rings. The van der Waals surface area contributed by atoms with Gasteiger partial charge in [-0.05, 0) is 57.5 Å². The SMILES string of the molecule is CCc1nnc(C)cc1C(=O)c1ccc(OC(C)C)cc1. The van der Waals surface area contributed by atoms with Gasteiger partial charge in [-0.15, -0.1) is 0 Å². The second-order valence-corrected chi connectivity index (χ2v) is 5.22. The summed E-state index contributed by atoms with van der Waals surface area (Å²) in [6.07, 6.45) is 0.799. The molecule has 2 aromatic rings. The standard InChI is InChI=1S/C17H20N2O2/c1-5-16-15(10-12(4)18-19-16)17(20)13-6-8-14(9-7-13)21-11(2)3/h6-11H,5H2,1-4H3. The molecule has 0 saturated carbocycles. The van der Waals surface area contributed by atoms with Gasteiger partial charge in [0.1, 0.15) is 5.75 Å². The van der Waals surface area contributed by atoms with Crippen LogP contribution in [-0.4, -0.2) is 22.1 Å². The minimum Gasteiger partial charge on any atom is -0.491 e. The van der Waals surface area contributed by atoms with E-state index in [1.807, 2.05) is 39.8 Å². The molecule has 0 unspecified atom stereocenters. The molecule has 0 radical (unpaired) electrons. The molecule has 2 rings (SSSR count). The lowest BCUT2D eigenvalue weighted by atomic mass is 10.0. The third kappa shape index (κ3) is 3.66. The monoisotopic (exact) mass is 284 g/mol. The zero-order chi connectivity index (χ0) is 15.4. The van der Waals surface area contributed by atoms with E-state index in [4.69, 9.17) is 4.74 Å². The number of ether oxygens (including phenoxy) is 1. The Morgan fingerprint density at radius 1 is 1.19 bits per heavy atom. The summed E-state index contributed by atoms with van der Waals surface area (Å²) in [6.45, 7) is 7.74. The number of carbonyl (C=O) groups excluding carboxylic acids is 1. The van der Waals surface area contributed by atoms with Crippen molar-refractivity contribution >= 4 is 5.78 Å². The maximum absolute atomic E-state index is 12.6. The van der Waals surface area contributed by atoms with E-state index in [2.05, 4.69) is 10.2 Å². The number of ketones is 1. The minimum atomic E-state index is -0.0269. The van der Waals surface area contributed by atoms with Crippen molar-refractivity contribution in [3.63, 3.8) is 0 Å². The van der Waals surface area contributed by atoms with E-state index in [-0.39, 0.29) is 11.9 Å². The number of hydrogen-bond donors (Lipinski definition) is 0. The van der Waals surface area contributed by atoms with Crippen LogP contribution in [0.25, 0.3) is 0 Å². The Bertz CT molecular complexity index is 634. The summed E-state index contributed by atoms with van der Waals surface area (Å²) in [5, 5.41) is 8.12. The molecule has 0 saturated heterocycles. The summed E-state index contributed by atoms with van der Waals surface area (Å²) in [4.78, 5) is 12.6. The highest BCUT2D eigenvalue weighted by Crippen LogP contribution is 2.18. The highest BCUT2D eigenvalue weighted by Gasteiger charge is 2.15. The van der Waals surface area contributed by atoms with E-state index in [0.717, 1.165) is 17.1 Å². The molecule has 21 heavy (non-hydrogen) atoms. The second kappa shape index (κ2) is 6.48. The van der Waals surface area contributed by atoms with Gasteiger partial charge in [-0.1, -0.05) is 6.92 Å². The summed E-state index contributed by atoms with van der Waals surface area (Å²) >= 11 is 0. The minimum absolute atomic E-state index is 0.0269. The van der Waals surface area contributed by atoms with Crippen LogP contribution in [0.4, 0.5) is 0 Å². The largest absolute Gasteiger partial charge is 0.491 e. The van der Waals surface area contributed by atoms with Crippen LogP contribution in [0.5, 0.6) is 5.75 Å². The van der Waals surface area contributed by atoms with Crippen molar-refractivity contribution < 1.29 is 9.53 Å². The quantitative estimate of drug-likeness (QED) is 0.790. The molecule has 4 heteroatoms. The summed E-state index contributed by atoms with van der Waals surface area (Å²) in [5.41, 5.74) is 2.74. The Labute approximate surface area is 125 Å². The fourth-order valence-corrected chi connectivity index (χ4v) is 2.08. The Morgan fingerprint density at radius 3 is 2.43 bits per heavy atom. The first-order valence-electron chi connectivity index (χ1n) is 7.16. The zero-order valence-electron chi connectivity index (χ0n) is 12.9. The predicted octanol–water partition coefficient (Wildman–Crippen LogP) is 3.37. The van der Waals surface area contributed by atoms with Crippen LogP contribution in [-0.2, 0) is 6.42 Å². The van der Waals surface area contributed by atoms with Gasteiger partial charge in [0.2, 0.25) is 0 Å².